The third-order valence-corrected chi connectivity index (χ3v) is 3.10. The molecule has 0 radical (unpaired) electrons. The molecule has 0 saturated carbocycles. The van der Waals surface area contributed by atoms with Gasteiger partial charge in [-0.1, -0.05) is 20.8 Å². The number of amides is 1. The van der Waals surface area contributed by atoms with Crippen molar-refractivity contribution < 1.29 is 19.4 Å². The van der Waals surface area contributed by atoms with Crippen molar-refractivity contribution in [2.24, 2.45) is 5.41 Å². The van der Waals surface area contributed by atoms with Gasteiger partial charge in [0.25, 0.3) is 0 Å². The normalized spacial score (nSPS) is 21.7. The highest BCUT2D eigenvalue weighted by Crippen LogP contribution is 2.22. The molecule has 2 N–H and O–H groups in total. The Morgan fingerprint density at radius 1 is 1.37 bits per heavy atom. The molecule has 1 rings (SSSR count). The van der Waals surface area contributed by atoms with E-state index < -0.39 is 12.1 Å². The van der Waals surface area contributed by atoms with Gasteiger partial charge in [-0.05, 0) is 31.1 Å². The summed E-state index contributed by atoms with van der Waals surface area (Å²) in [7, 11) is 0. The van der Waals surface area contributed by atoms with Gasteiger partial charge in [-0.25, -0.2) is 0 Å². The van der Waals surface area contributed by atoms with Crippen molar-refractivity contribution in [2.75, 3.05) is 6.61 Å². The molecule has 0 aromatic heterocycles. The third-order valence-electron chi connectivity index (χ3n) is 3.10. The lowest BCUT2D eigenvalue weighted by Crippen LogP contribution is -2.45. The van der Waals surface area contributed by atoms with Crippen LogP contribution in [0.25, 0.3) is 0 Å². The molecule has 1 amide bonds. The van der Waals surface area contributed by atoms with E-state index in [0.29, 0.717) is 13.0 Å². The fraction of sp³-hybridized carbons (Fsp3) is 0.857. The average molecular weight is 271 g/mol. The summed E-state index contributed by atoms with van der Waals surface area (Å²) in [5.41, 5.74) is -0.0270. The topological polar surface area (TPSA) is 75.6 Å². The Labute approximate surface area is 114 Å². The molecule has 1 aliphatic rings. The zero-order valence-electron chi connectivity index (χ0n) is 12.1. The Morgan fingerprint density at radius 2 is 2.05 bits per heavy atom. The first kappa shape index (κ1) is 16.0. The number of carbonyl (C=O) groups excluding carboxylic acids is 1. The number of carbonyl (C=O) groups is 2. The molecule has 0 aromatic carbocycles. The van der Waals surface area contributed by atoms with Crippen LogP contribution in [0.1, 0.15) is 52.9 Å². The fourth-order valence-electron chi connectivity index (χ4n) is 2.37. The second-order valence-corrected chi connectivity index (χ2v) is 6.42. The van der Waals surface area contributed by atoms with E-state index >= 15 is 0 Å². The van der Waals surface area contributed by atoms with E-state index in [1.807, 2.05) is 20.8 Å². The number of rotatable bonds is 5. The molecule has 1 fully saturated rings. The van der Waals surface area contributed by atoms with Crippen molar-refractivity contribution in [1.82, 2.24) is 5.32 Å². The van der Waals surface area contributed by atoms with E-state index in [1.54, 1.807) is 0 Å². The summed E-state index contributed by atoms with van der Waals surface area (Å²) >= 11 is 0. The number of carboxylic acids is 1. The van der Waals surface area contributed by atoms with Crippen LogP contribution in [0, 0.1) is 5.41 Å². The van der Waals surface area contributed by atoms with Gasteiger partial charge in [0.15, 0.2) is 0 Å². The highest BCUT2D eigenvalue weighted by Gasteiger charge is 2.27. The molecule has 5 nitrogen and oxygen atoms in total. The number of nitrogens with one attached hydrogen (secondary N) is 1. The second kappa shape index (κ2) is 6.89. The summed E-state index contributed by atoms with van der Waals surface area (Å²) in [6.45, 7) is 6.71. The zero-order chi connectivity index (χ0) is 14.5. The van der Waals surface area contributed by atoms with Crippen LogP contribution in [-0.4, -0.2) is 35.7 Å². The van der Waals surface area contributed by atoms with Crippen molar-refractivity contribution in [3.05, 3.63) is 0 Å². The molecular formula is C14H25NO4. The van der Waals surface area contributed by atoms with Crippen LogP contribution in [0.5, 0.6) is 0 Å². The fourth-order valence-corrected chi connectivity index (χ4v) is 2.37. The molecule has 2 unspecified atom stereocenters. The van der Waals surface area contributed by atoms with E-state index in [0.717, 1.165) is 19.3 Å². The number of hydrogen-bond donors (Lipinski definition) is 2. The van der Waals surface area contributed by atoms with Gasteiger partial charge in [0.2, 0.25) is 5.91 Å². The minimum atomic E-state index is -0.890. The van der Waals surface area contributed by atoms with Gasteiger partial charge < -0.3 is 15.2 Å². The highest BCUT2D eigenvalue weighted by atomic mass is 16.5. The molecular weight excluding hydrogens is 246 g/mol. The van der Waals surface area contributed by atoms with Crippen LogP contribution >= 0.6 is 0 Å². The summed E-state index contributed by atoms with van der Waals surface area (Å²) in [5.74, 6) is -1.06. The lowest BCUT2D eigenvalue weighted by Gasteiger charge is -2.28. The lowest BCUT2D eigenvalue weighted by molar-refractivity contribution is -0.139. The summed E-state index contributed by atoms with van der Waals surface area (Å²) in [6.07, 6.45) is 2.88. The van der Waals surface area contributed by atoms with E-state index in [4.69, 9.17) is 9.84 Å². The van der Waals surface area contributed by atoms with Crippen molar-refractivity contribution in [3.8, 4) is 0 Å². The predicted octanol–water partition coefficient (Wildman–Crippen LogP) is 1.95. The number of aliphatic carboxylic acids is 1. The van der Waals surface area contributed by atoms with Crippen LogP contribution in [0.2, 0.25) is 0 Å². The Morgan fingerprint density at radius 3 is 2.53 bits per heavy atom. The van der Waals surface area contributed by atoms with Gasteiger partial charge in [0.05, 0.1) is 6.42 Å². The zero-order valence-corrected chi connectivity index (χ0v) is 12.1. The highest BCUT2D eigenvalue weighted by molar-refractivity contribution is 5.81. The Balaban J connectivity index is 2.54. The molecule has 0 spiro atoms. The van der Waals surface area contributed by atoms with Crippen molar-refractivity contribution in [2.45, 2.75) is 65.0 Å². The smallest absolute Gasteiger partial charge is 0.305 e. The summed E-state index contributed by atoms with van der Waals surface area (Å²) < 4.78 is 5.42. The van der Waals surface area contributed by atoms with Gasteiger partial charge in [-0.2, -0.15) is 0 Å². The number of hydrogen-bond acceptors (Lipinski definition) is 3. The van der Waals surface area contributed by atoms with Gasteiger partial charge >= 0.3 is 5.97 Å². The van der Waals surface area contributed by atoms with E-state index in [9.17, 15) is 9.59 Å². The largest absolute Gasteiger partial charge is 0.481 e. The van der Waals surface area contributed by atoms with Crippen LogP contribution in [0.4, 0.5) is 0 Å². The van der Waals surface area contributed by atoms with Crippen molar-refractivity contribution in [1.29, 1.82) is 0 Å². The van der Waals surface area contributed by atoms with Crippen molar-refractivity contribution in [3.63, 3.8) is 0 Å². The maximum absolute atomic E-state index is 12.0. The molecule has 0 aliphatic carbocycles. The average Bonchev–Trinajstić information content (AvgIpc) is 2.26. The first-order valence-electron chi connectivity index (χ1n) is 6.92. The molecule has 1 aliphatic heterocycles. The summed E-state index contributed by atoms with van der Waals surface area (Å²) in [5, 5.41) is 11.8. The summed E-state index contributed by atoms with van der Waals surface area (Å²) in [6, 6.07) is -0.337. The van der Waals surface area contributed by atoms with Crippen LogP contribution in [-0.2, 0) is 14.3 Å². The molecule has 19 heavy (non-hydrogen) atoms. The van der Waals surface area contributed by atoms with Gasteiger partial charge in [0, 0.05) is 12.6 Å². The molecule has 2 atom stereocenters. The van der Waals surface area contributed by atoms with Gasteiger partial charge in [-0.15, -0.1) is 0 Å². The Bertz CT molecular complexity index is 316. The minimum Gasteiger partial charge on any atom is -0.481 e. The molecule has 5 heteroatoms. The van der Waals surface area contributed by atoms with Crippen LogP contribution < -0.4 is 5.32 Å². The van der Waals surface area contributed by atoms with E-state index in [-0.39, 0.29) is 23.8 Å². The van der Waals surface area contributed by atoms with E-state index in [1.165, 1.54) is 0 Å². The van der Waals surface area contributed by atoms with E-state index in [2.05, 4.69) is 5.32 Å². The first-order chi connectivity index (χ1) is 8.78. The van der Waals surface area contributed by atoms with Gasteiger partial charge in [0.1, 0.15) is 6.10 Å². The van der Waals surface area contributed by atoms with Crippen LogP contribution in [0.15, 0.2) is 0 Å². The maximum atomic E-state index is 12.0. The molecule has 110 valence electrons. The quantitative estimate of drug-likeness (QED) is 0.801. The molecule has 1 heterocycles. The lowest BCUT2D eigenvalue weighted by atomic mass is 9.87. The molecule has 0 bridgehead atoms. The second-order valence-electron chi connectivity index (χ2n) is 6.42. The predicted molar refractivity (Wildman–Crippen MR) is 71.8 cm³/mol. The van der Waals surface area contributed by atoms with Crippen molar-refractivity contribution >= 4 is 11.9 Å². The third kappa shape index (κ3) is 6.57. The minimum absolute atomic E-state index is 0.0270. The molecule has 0 aromatic rings. The standard InChI is InChI=1S/C14H25NO4/c1-14(2,3)9-10(8-12(16)17)15-13(18)11-6-4-5-7-19-11/h10-11H,4-9H2,1-3H3,(H,15,18)(H,16,17). The number of carboxylic acid groups (broad SMARTS) is 1. The Kier molecular flexibility index (Phi) is 5.79. The van der Waals surface area contributed by atoms with Crippen LogP contribution in [0.3, 0.4) is 0 Å². The van der Waals surface area contributed by atoms with Gasteiger partial charge in [-0.3, -0.25) is 9.59 Å². The summed E-state index contributed by atoms with van der Waals surface area (Å²) in [4.78, 5) is 22.9. The maximum Gasteiger partial charge on any atom is 0.305 e. The Hall–Kier alpha value is -1.10. The number of ether oxygens (including phenoxy) is 1. The molecule has 1 saturated heterocycles. The SMILES string of the molecule is CC(C)(C)CC(CC(=O)O)NC(=O)C1CCCCO1. The monoisotopic (exact) mass is 271 g/mol. The first-order valence-corrected chi connectivity index (χ1v) is 6.92.